The number of aromatic hydroxyl groups is 1. The molecule has 2 unspecified atom stereocenters. The summed E-state index contributed by atoms with van der Waals surface area (Å²) in [7, 11) is 1.52. The number of carbonyl (C=O) groups is 3. The van der Waals surface area contributed by atoms with Gasteiger partial charge in [-0.15, -0.1) is 0 Å². The minimum atomic E-state index is -1.30. The van der Waals surface area contributed by atoms with E-state index in [9.17, 15) is 24.6 Å². The summed E-state index contributed by atoms with van der Waals surface area (Å²) in [6.45, 7) is 5.83. The lowest BCUT2D eigenvalue weighted by Crippen LogP contribution is -2.51. The number of methoxy groups -OCH3 is 1. The van der Waals surface area contributed by atoms with Crippen molar-refractivity contribution in [2.24, 2.45) is 0 Å². The molecule has 0 fully saturated rings. The third-order valence-electron chi connectivity index (χ3n) is 4.88. The second-order valence-corrected chi connectivity index (χ2v) is 8.80. The lowest BCUT2D eigenvalue weighted by Gasteiger charge is -2.33. The van der Waals surface area contributed by atoms with E-state index in [-0.39, 0.29) is 17.9 Å². The SMILES string of the molecule is COc1ccc(NC(=O)C(c2ccccc2O)N(CCO)C(=O)C(C)NC(=O)OC(C)(C)C)cc1. The molecule has 3 amide bonds. The Kier molecular flexibility index (Phi) is 9.47. The number of ether oxygens (including phenoxy) is 2. The quantitative estimate of drug-likeness (QED) is 0.427. The molecule has 0 aliphatic carbocycles. The topological polar surface area (TPSA) is 137 Å². The van der Waals surface area contributed by atoms with Gasteiger partial charge in [-0.25, -0.2) is 4.79 Å². The Bertz CT molecular complexity index is 1020. The number of anilines is 1. The zero-order chi connectivity index (χ0) is 26.2. The monoisotopic (exact) mass is 487 g/mol. The Labute approximate surface area is 204 Å². The van der Waals surface area contributed by atoms with E-state index in [4.69, 9.17) is 9.47 Å². The van der Waals surface area contributed by atoms with Crippen molar-refractivity contribution in [1.29, 1.82) is 0 Å². The fraction of sp³-hybridized carbons (Fsp3) is 0.400. The van der Waals surface area contributed by atoms with Crippen LogP contribution in [0.2, 0.25) is 0 Å². The first-order chi connectivity index (χ1) is 16.5. The van der Waals surface area contributed by atoms with Crippen LogP contribution in [0.1, 0.15) is 39.3 Å². The number of carbonyl (C=O) groups excluding carboxylic acids is 3. The van der Waals surface area contributed by atoms with E-state index in [2.05, 4.69) is 10.6 Å². The predicted molar refractivity (Wildman–Crippen MR) is 130 cm³/mol. The second kappa shape index (κ2) is 12.1. The van der Waals surface area contributed by atoms with E-state index in [0.29, 0.717) is 11.4 Å². The lowest BCUT2D eigenvalue weighted by molar-refractivity contribution is -0.141. The number of aliphatic hydroxyl groups is 1. The van der Waals surface area contributed by atoms with Gasteiger partial charge in [0.1, 0.15) is 29.2 Å². The van der Waals surface area contributed by atoms with E-state index in [1.807, 2.05) is 0 Å². The molecule has 0 heterocycles. The Morgan fingerprint density at radius 3 is 2.23 bits per heavy atom. The number of rotatable bonds is 9. The Hall–Kier alpha value is -3.79. The van der Waals surface area contributed by atoms with Crippen LogP contribution in [0.15, 0.2) is 48.5 Å². The van der Waals surface area contributed by atoms with Gasteiger partial charge in [0, 0.05) is 17.8 Å². The van der Waals surface area contributed by atoms with Crippen LogP contribution in [0.5, 0.6) is 11.5 Å². The molecule has 0 saturated heterocycles. The molecular formula is C25H33N3O7. The summed E-state index contributed by atoms with van der Waals surface area (Å²) < 4.78 is 10.3. The number of phenolic OH excluding ortho intramolecular Hbond substituents is 1. The summed E-state index contributed by atoms with van der Waals surface area (Å²) in [4.78, 5) is 40.1. The molecule has 2 rings (SSSR count). The molecule has 10 nitrogen and oxygen atoms in total. The van der Waals surface area contributed by atoms with Crippen LogP contribution < -0.4 is 15.4 Å². The zero-order valence-corrected chi connectivity index (χ0v) is 20.6. The summed E-state index contributed by atoms with van der Waals surface area (Å²) in [5.74, 6) is -0.878. The normalized spacial score (nSPS) is 12.7. The highest BCUT2D eigenvalue weighted by atomic mass is 16.6. The van der Waals surface area contributed by atoms with E-state index in [1.54, 1.807) is 57.2 Å². The summed E-state index contributed by atoms with van der Waals surface area (Å²) in [5.41, 5.74) is -0.175. The van der Waals surface area contributed by atoms with Crippen molar-refractivity contribution in [3.05, 3.63) is 54.1 Å². The summed E-state index contributed by atoms with van der Waals surface area (Å²) in [6.07, 6.45) is -0.802. The van der Waals surface area contributed by atoms with Crippen LogP contribution in [0.4, 0.5) is 10.5 Å². The van der Waals surface area contributed by atoms with Crippen molar-refractivity contribution in [3.8, 4) is 11.5 Å². The maximum Gasteiger partial charge on any atom is 0.408 e. The summed E-state index contributed by atoms with van der Waals surface area (Å²) in [6, 6.07) is 10.3. The maximum absolute atomic E-state index is 13.4. The minimum absolute atomic E-state index is 0.157. The molecule has 2 aromatic carbocycles. The first-order valence-electron chi connectivity index (χ1n) is 11.1. The Morgan fingerprint density at radius 2 is 1.69 bits per heavy atom. The van der Waals surface area contributed by atoms with Gasteiger partial charge >= 0.3 is 6.09 Å². The van der Waals surface area contributed by atoms with Gasteiger partial charge in [0.25, 0.3) is 5.91 Å². The largest absolute Gasteiger partial charge is 0.508 e. The molecule has 4 N–H and O–H groups in total. The van der Waals surface area contributed by atoms with Gasteiger partial charge in [-0.3, -0.25) is 9.59 Å². The van der Waals surface area contributed by atoms with Crippen LogP contribution in [0.3, 0.4) is 0 Å². The van der Waals surface area contributed by atoms with E-state index in [0.717, 1.165) is 4.90 Å². The smallest absolute Gasteiger partial charge is 0.408 e. The number of alkyl carbamates (subject to hydrolysis) is 1. The highest BCUT2D eigenvalue weighted by molar-refractivity contribution is 5.99. The van der Waals surface area contributed by atoms with Crippen LogP contribution >= 0.6 is 0 Å². The first-order valence-corrected chi connectivity index (χ1v) is 11.1. The van der Waals surface area contributed by atoms with Crippen LogP contribution in [0, 0.1) is 0 Å². The molecule has 2 atom stereocenters. The fourth-order valence-corrected chi connectivity index (χ4v) is 3.32. The molecule has 0 spiro atoms. The third-order valence-corrected chi connectivity index (χ3v) is 4.88. The molecular weight excluding hydrogens is 454 g/mol. The maximum atomic E-state index is 13.4. The number of para-hydroxylation sites is 1. The van der Waals surface area contributed by atoms with E-state index in [1.165, 1.54) is 26.2 Å². The summed E-state index contributed by atoms with van der Waals surface area (Å²) >= 11 is 0. The fourth-order valence-electron chi connectivity index (χ4n) is 3.32. The number of aliphatic hydroxyl groups excluding tert-OH is 1. The van der Waals surface area contributed by atoms with Gasteiger partial charge in [-0.2, -0.15) is 0 Å². The number of hydrogen-bond donors (Lipinski definition) is 4. The predicted octanol–water partition coefficient (Wildman–Crippen LogP) is 2.81. The van der Waals surface area contributed by atoms with Crippen molar-refractivity contribution in [2.75, 3.05) is 25.6 Å². The van der Waals surface area contributed by atoms with Crippen LogP contribution in [-0.2, 0) is 14.3 Å². The van der Waals surface area contributed by atoms with Crippen LogP contribution in [0.25, 0.3) is 0 Å². The standard InChI is InChI=1S/C25H33N3O7/c1-16(26-24(33)35-25(2,3)4)23(32)28(14-15-29)21(19-8-6-7-9-20(19)30)22(31)27-17-10-12-18(34-5)13-11-17/h6-13,16,21,29-30H,14-15H2,1-5H3,(H,26,33)(H,27,31). The molecule has 35 heavy (non-hydrogen) atoms. The number of hydrogen-bond acceptors (Lipinski definition) is 7. The van der Waals surface area contributed by atoms with Gasteiger partial charge in [0.15, 0.2) is 0 Å². The van der Waals surface area contributed by atoms with Gasteiger partial charge in [-0.05, 0) is 58.0 Å². The van der Waals surface area contributed by atoms with Crippen molar-refractivity contribution in [3.63, 3.8) is 0 Å². The molecule has 0 aliphatic heterocycles. The molecule has 0 bridgehead atoms. The molecule has 10 heteroatoms. The number of nitrogens with one attached hydrogen (secondary N) is 2. The second-order valence-electron chi connectivity index (χ2n) is 8.80. The van der Waals surface area contributed by atoms with Crippen molar-refractivity contribution in [1.82, 2.24) is 10.2 Å². The molecule has 0 saturated carbocycles. The highest BCUT2D eigenvalue weighted by Gasteiger charge is 2.35. The third kappa shape index (κ3) is 7.89. The van der Waals surface area contributed by atoms with Gasteiger partial charge in [0.2, 0.25) is 5.91 Å². The molecule has 190 valence electrons. The van der Waals surface area contributed by atoms with Crippen molar-refractivity contribution >= 4 is 23.6 Å². The van der Waals surface area contributed by atoms with E-state index >= 15 is 0 Å². The Balaban J connectivity index is 2.38. The van der Waals surface area contributed by atoms with Gasteiger partial charge < -0.3 is 35.2 Å². The molecule has 2 aromatic rings. The number of phenols is 1. The molecule has 0 aliphatic rings. The minimum Gasteiger partial charge on any atom is -0.508 e. The number of nitrogens with zero attached hydrogens (tertiary/aromatic N) is 1. The van der Waals surface area contributed by atoms with E-state index < -0.39 is 42.2 Å². The lowest BCUT2D eigenvalue weighted by atomic mass is 10.0. The number of benzene rings is 2. The highest BCUT2D eigenvalue weighted by Crippen LogP contribution is 2.30. The van der Waals surface area contributed by atoms with Gasteiger partial charge in [0.05, 0.1) is 13.7 Å². The first kappa shape index (κ1) is 27.5. The van der Waals surface area contributed by atoms with Crippen molar-refractivity contribution < 1.29 is 34.1 Å². The van der Waals surface area contributed by atoms with Gasteiger partial charge in [-0.1, -0.05) is 18.2 Å². The number of amides is 3. The average molecular weight is 488 g/mol. The van der Waals surface area contributed by atoms with Crippen LogP contribution in [-0.4, -0.2) is 64.9 Å². The average Bonchev–Trinajstić information content (AvgIpc) is 2.78. The molecule has 0 aromatic heterocycles. The van der Waals surface area contributed by atoms with Crippen molar-refractivity contribution in [2.45, 2.75) is 45.4 Å². The Morgan fingerprint density at radius 1 is 1.06 bits per heavy atom. The zero-order valence-electron chi connectivity index (χ0n) is 20.6. The summed E-state index contributed by atoms with van der Waals surface area (Å²) in [5, 5.41) is 25.4. The molecule has 0 radical (unpaired) electrons.